The number of hydrogen-bond donors (Lipinski definition) is 2. The van der Waals surface area contributed by atoms with Gasteiger partial charge in [-0.15, -0.1) is 0 Å². The summed E-state index contributed by atoms with van der Waals surface area (Å²) in [5, 5.41) is 0. The fourth-order valence-corrected chi connectivity index (χ4v) is 3.11. The SMILES string of the molecule is CCOC(=O)C(Cc1cccc(-c2ccccc2)c1)P(=O)(O)O. The van der Waals surface area contributed by atoms with Crippen LogP contribution in [0.5, 0.6) is 0 Å². The Morgan fingerprint density at radius 3 is 2.35 bits per heavy atom. The third kappa shape index (κ3) is 4.76. The van der Waals surface area contributed by atoms with E-state index in [1.54, 1.807) is 19.1 Å². The lowest BCUT2D eigenvalue weighted by molar-refractivity contribution is -0.142. The van der Waals surface area contributed by atoms with Gasteiger partial charge in [-0.3, -0.25) is 9.36 Å². The first-order valence-electron chi connectivity index (χ1n) is 7.28. The molecule has 0 aliphatic rings. The van der Waals surface area contributed by atoms with E-state index in [1.807, 2.05) is 42.5 Å². The molecular weight excluding hydrogens is 315 g/mol. The van der Waals surface area contributed by atoms with Gasteiger partial charge in [-0.25, -0.2) is 0 Å². The summed E-state index contributed by atoms with van der Waals surface area (Å²) >= 11 is 0. The average molecular weight is 334 g/mol. The van der Waals surface area contributed by atoms with Crippen molar-refractivity contribution in [2.75, 3.05) is 6.61 Å². The maximum absolute atomic E-state index is 11.8. The molecule has 0 saturated carbocycles. The molecule has 0 fully saturated rings. The van der Waals surface area contributed by atoms with Gasteiger partial charge in [-0.1, -0.05) is 54.6 Å². The van der Waals surface area contributed by atoms with Crippen molar-refractivity contribution in [3.05, 3.63) is 60.2 Å². The van der Waals surface area contributed by atoms with Crippen molar-refractivity contribution in [2.45, 2.75) is 19.0 Å². The second kappa shape index (κ2) is 7.55. The third-order valence-electron chi connectivity index (χ3n) is 3.43. The Bertz CT molecular complexity index is 708. The normalized spacial score (nSPS) is 12.7. The van der Waals surface area contributed by atoms with Crippen molar-refractivity contribution in [3.8, 4) is 11.1 Å². The van der Waals surface area contributed by atoms with Crippen LogP contribution in [0.15, 0.2) is 54.6 Å². The molecule has 0 heterocycles. The molecule has 0 saturated heterocycles. The second-order valence-corrected chi connectivity index (χ2v) is 6.93. The zero-order valence-corrected chi connectivity index (χ0v) is 13.6. The molecule has 1 unspecified atom stereocenters. The minimum Gasteiger partial charge on any atom is -0.465 e. The van der Waals surface area contributed by atoms with Crippen LogP contribution < -0.4 is 0 Å². The first kappa shape index (κ1) is 17.4. The van der Waals surface area contributed by atoms with Crippen molar-refractivity contribution in [1.29, 1.82) is 0 Å². The Hall–Kier alpha value is -1.94. The summed E-state index contributed by atoms with van der Waals surface area (Å²) in [7, 11) is -4.59. The molecule has 0 aromatic heterocycles. The number of benzene rings is 2. The number of carbonyl (C=O) groups excluding carboxylic acids is 1. The van der Waals surface area contributed by atoms with Crippen LogP contribution in [0, 0.1) is 0 Å². The third-order valence-corrected chi connectivity index (χ3v) is 4.63. The Labute approximate surface area is 135 Å². The van der Waals surface area contributed by atoms with Crippen molar-refractivity contribution in [3.63, 3.8) is 0 Å². The highest BCUT2D eigenvalue weighted by Gasteiger charge is 2.37. The monoisotopic (exact) mass is 334 g/mol. The van der Waals surface area contributed by atoms with Crippen LogP contribution in [0.1, 0.15) is 12.5 Å². The molecule has 122 valence electrons. The molecule has 2 aromatic carbocycles. The summed E-state index contributed by atoms with van der Waals surface area (Å²) in [6.07, 6.45) is -0.0657. The quantitative estimate of drug-likeness (QED) is 0.627. The van der Waals surface area contributed by atoms with Crippen molar-refractivity contribution < 1.29 is 23.9 Å². The van der Waals surface area contributed by atoms with Crippen LogP contribution in [0.4, 0.5) is 0 Å². The molecule has 0 spiro atoms. The summed E-state index contributed by atoms with van der Waals surface area (Å²) in [5.74, 6) is -0.869. The van der Waals surface area contributed by atoms with Crippen molar-refractivity contribution >= 4 is 13.6 Å². The molecular formula is C17H19O5P. The summed E-state index contributed by atoms with van der Waals surface area (Å²) in [6.45, 7) is 1.68. The van der Waals surface area contributed by atoms with E-state index in [2.05, 4.69) is 0 Å². The molecule has 0 aliphatic heterocycles. The number of ether oxygens (including phenoxy) is 1. The smallest absolute Gasteiger partial charge is 0.340 e. The van der Waals surface area contributed by atoms with Gasteiger partial charge in [-0.05, 0) is 30.0 Å². The second-order valence-electron chi connectivity index (χ2n) is 5.13. The molecule has 0 radical (unpaired) electrons. The lowest BCUT2D eigenvalue weighted by Crippen LogP contribution is -2.26. The standard InChI is InChI=1S/C17H19O5P/c1-2-22-17(18)16(23(19,20)21)12-13-7-6-10-15(11-13)14-8-4-3-5-9-14/h3-11,16H,2,12H2,1H3,(H2,19,20,21). The highest BCUT2D eigenvalue weighted by Crippen LogP contribution is 2.43. The van der Waals surface area contributed by atoms with E-state index in [1.165, 1.54) is 0 Å². The molecule has 5 nitrogen and oxygen atoms in total. The fraction of sp³-hybridized carbons (Fsp3) is 0.235. The molecule has 0 bridgehead atoms. The van der Waals surface area contributed by atoms with Crippen LogP contribution in [0.2, 0.25) is 0 Å². The predicted molar refractivity (Wildman–Crippen MR) is 88.0 cm³/mol. The van der Waals surface area contributed by atoms with E-state index in [4.69, 9.17) is 4.74 Å². The van der Waals surface area contributed by atoms with Crippen LogP contribution in [0.3, 0.4) is 0 Å². The van der Waals surface area contributed by atoms with Crippen molar-refractivity contribution in [2.24, 2.45) is 0 Å². The lowest BCUT2D eigenvalue weighted by atomic mass is 10.0. The average Bonchev–Trinajstić information content (AvgIpc) is 2.53. The largest absolute Gasteiger partial charge is 0.465 e. The molecule has 1 atom stereocenters. The minimum absolute atomic E-state index is 0.0657. The van der Waals surface area contributed by atoms with Gasteiger partial charge in [0, 0.05) is 0 Å². The summed E-state index contributed by atoms with van der Waals surface area (Å²) in [6, 6.07) is 16.9. The fourth-order valence-electron chi connectivity index (χ4n) is 2.31. The van der Waals surface area contributed by atoms with Gasteiger partial charge in [0.15, 0.2) is 5.66 Å². The van der Waals surface area contributed by atoms with Gasteiger partial charge in [-0.2, -0.15) is 0 Å². The van der Waals surface area contributed by atoms with E-state index >= 15 is 0 Å². The lowest BCUT2D eigenvalue weighted by Gasteiger charge is -2.17. The predicted octanol–water partition coefficient (Wildman–Crippen LogP) is 3.01. The maximum atomic E-state index is 11.8. The molecule has 2 N–H and O–H groups in total. The van der Waals surface area contributed by atoms with Gasteiger partial charge in [0.1, 0.15) is 0 Å². The zero-order valence-electron chi connectivity index (χ0n) is 12.8. The zero-order chi connectivity index (χ0) is 16.9. The van der Waals surface area contributed by atoms with Gasteiger partial charge in [0.05, 0.1) is 6.61 Å². The van der Waals surface area contributed by atoms with Crippen LogP contribution >= 0.6 is 7.60 Å². The number of rotatable bonds is 6. The first-order chi connectivity index (χ1) is 10.9. The summed E-state index contributed by atoms with van der Waals surface area (Å²) in [4.78, 5) is 30.7. The van der Waals surface area contributed by atoms with Crippen LogP contribution in [0.25, 0.3) is 11.1 Å². The van der Waals surface area contributed by atoms with Crippen LogP contribution in [-0.4, -0.2) is 28.0 Å². The summed E-state index contributed by atoms with van der Waals surface area (Å²) in [5.41, 5.74) is 1.12. The molecule has 2 rings (SSSR count). The van der Waals surface area contributed by atoms with Gasteiger partial charge in [0.25, 0.3) is 0 Å². The van der Waals surface area contributed by atoms with Crippen molar-refractivity contribution in [1.82, 2.24) is 0 Å². The summed E-state index contributed by atoms with van der Waals surface area (Å²) < 4.78 is 16.4. The van der Waals surface area contributed by atoms with E-state index < -0.39 is 19.2 Å². The van der Waals surface area contributed by atoms with Crippen LogP contribution in [-0.2, 0) is 20.5 Å². The van der Waals surface area contributed by atoms with E-state index in [0.29, 0.717) is 5.56 Å². The minimum atomic E-state index is -4.59. The molecule has 0 amide bonds. The molecule has 2 aromatic rings. The Morgan fingerprint density at radius 1 is 1.09 bits per heavy atom. The highest BCUT2D eigenvalue weighted by atomic mass is 31.2. The Morgan fingerprint density at radius 2 is 1.74 bits per heavy atom. The van der Waals surface area contributed by atoms with E-state index in [9.17, 15) is 19.1 Å². The molecule has 6 heteroatoms. The highest BCUT2D eigenvalue weighted by molar-refractivity contribution is 7.53. The number of carbonyl (C=O) groups is 1. The number of hydrogen-bond acceptors (Lipinski definition) is 3. The van der Waals surface area contributed by atoms with Gasteiger partial charge < -0.3 is 14.5 Å². The van der Waals surface area contributed by atoms with E-state index in [0.717, 1.165) is 11.1 Å². The number of esters is 1. The first-order valence-corrected chi connectivity index (χ1v) is 8.96. The Balaban J connectivity index is 2.27. The van der Waals surface area contributed by atoms with Gasteiger partial charge in [0.2, 0.25) is 0 Å². The molecule has 23 heavy (non-hydrogen) atoms. The van der Waals surface area contributed by atoms with Gasteiger partial charge >= 0.3 is 13.6 Å². The van der Waals surface area contributed by atoms with E-state index in [-0.39, 0.29) is 13.0 Å². The maximum Gasteiger partial charge on any atom is 0.340 e. The Kier molecular flexibility index (Phi) is 5.72. The molecule has 0 aliphatic carbocycles. The topological polar surface area (TPSA) is 83.8 Å².